The molecule has 0 spiro atoms. The predicted molar refractivity (Wildman–Crippen MR) is 241 cm³/mol. The van der Waals surface area contributed by atoms with Crippen LogP contribution in [0.25, 0.3) is 43.5 Å². The Balaban J connectivity index is 0.000000148. The van der Waals surface area contributed by atoms with Gasteiger partial charge < -0.3 is 18.2 Å². The molecule has 0 aliphatic carbocycles. The van der Waals surface area contributed by atoms with E-state index in [1.54, 1.807) is 25.6 Å². The molecule has 0 aliphatic heterocycles. The van der Waals surface area contributed by atoms with Crippen LogP contribution < -0.4 is 4.90 Å². The summed E-state index contributed by atoms with van der Waals surface area (Å²) in [6.45, 7) is 25.5. The number of nitrogens with zero attached hydrogens (tertiary/aromatic N) is 6. The van der Waals surface area contributed by atoms with Gasteiger partial charge in [0.25, 0.3) is 5.69 Å². The van der Waals surface area contributed by atoms with Gasteiger partial charge in [-0.2, -0.15) is 0 Å². The maximum absolute atomic E-state index is 11.0. The maximum atomic E-state index is 11.0. The average Bonchev–Trinajstić information content (AvgIpc) is 3.95. The van der Waals surface area contributed by atoms with Gasteiger partial charge >= 0.3 is 0 Å². The highest BCUT2D eigenvalue weighted by atomic mass is 35.5. The van der Waals surface area contributed by atoms with Gasteiger partial charge in [0.15, 0.2) is 34.4 Å². The molecule has 0 saturated heterocycles. The van der Waals surface area contributed by atoms with Gasteiger partial charge in [-0.15, -0.1) is 23.1 Å². The number of fused-ring (bicyclic) bond motifs is 4. The number of halogens is 1. The van der Waals surface area contributed by atoms with Crippen molar-refractivity contribution in [2.75, 3.05) is 25.3 Å². The summed E-state index contributed by atoms with van der Waals surface area (Å²) in [7, 11) is 4.08. The van der Waals surface area contributed by atoms with E-state index in [0.717, 1.165) is 77.3 Å². The number of benzene rings is 4. The number of nitro benzene ring substituents is 1. The number of thioether (sulfide) groups is 1. The molecule has 0 N–H and O–H groups in total. The second-order valence-electron chi connectivity index (χ2n) is 14.7. The molecule has 0 atom stereocenters. The Morgan fingerprint density at radius 1 is 0.621 bits per heavy atom. The van der Waals surface area contributed by atoms with Crippen molar-refractivity contribution in [1.29, 1.82) is 0 Å². The highest BCUT2D eigenvalue weighted by Gasteiger charge is 2.24. The van der Waals surface area contributed by atoms with Crippen molar-refractivity contribution < 1.29 is 18.2 Å². The predicted octanol–water partition coefficient (Wildman–Crippen LogP) is 13.1. The van der Waals surface area contributed by atoms with Crippen molar-refractivity contribution in [2.45, 2.75) is 94.9 Å². The minimum atomic E-state index is -0.431. The zero-order valence-electron chi connectivity index (χ0n) is 36.2. The molecule has 8 aromatic rings. The zero-order valence-corrected chi connectivity index (χ0v) is 38.5. The van der Waals surface area contributed by atoms with Crippen LogP contribution in [0.1, 0.15) is 72.8 Å². The summed E-state index contributed by atoms with van der Waals surface area (Å²) in [6, 6.07) is 6.48. The molecule has 0 bridgehead atoms. The molecule has 4 aromatic heterocycles. The topological polar surface area (TPSA) is 137 Å². The third-order valence-electron chi connectivity index (χ3n) is 10.0. The smallest absolute Gasteiger partial charge is 0.292 e. The summed E-state index contributed by atoms with van der Waals surface area (Å²) in [5, 5.41) is 12.0. The summed E-state index contributed by atoms with van der Waals surface area (Å²) >= 11 is 9.21. The van der Waals surface area contributed by atoms with Gasteiger partial charge in [0.2, 0.25) is 0 Å². The third-order valence-corrected chi connectivity index (χ3v) is 12.4. The molecule has 58 heavy (non-hydrogen) atoms. The first-order chi connectivity index (χ1) is 27.2. The van der Waals surface area contributed by atoms with Gasteiger partial charge in [0.1, 0.15) is 21.6 Å². The van der Waals surface area contributed by atoms with Crippen molar-refractivity contribution in [3.8, 4) is 0 Å². The quantitative estimate of drug-likeness (QED) is 0.0954. The molecule has 14 heteroatoms. The number of hydrogen-bond acceptors (Lipinski definition) is 12. The lowest BCUT2D eigenvalue weighted by Gasteiger charge is -2.16. The molecule has 0 aliphatic rings. The number of rotatable bonds is 3. The first-order valence-electron chi connectivity index (χ1n) is 18.7. The van der Waals surface area contributed by atoms with E-state index in [1.807, 2.05) is 41.8 Å². The number of oxazole rings is 3. The van der Waals surface area contributed by atoms with Crippen molar-refractivity contribution in [3.05, 3.63) is 106 Å². The van der Waals surface area contributed by atoms with Crippen LogP contribution in [0.2, 0.25) is 5.02 Å². The second-order valence-corrected chi connectivity index (χ2v) is 17.1. The van der Waals surface area contributed by atoms with Crippen LogP contribution in [0, 0.1) is 100 Å². The highest BCUT2D eigenvalue weighted by molar-refractivity contribution is 7.98. The average molecular weight is 844 g/mol. The highest BCUT2D eigenvalue weighted by Crippen LogP contribution is 2.40. The lowest BCUT2D eigenvalue weighted by atomic mass is 10.1. The Morgan fingerprint density at radius 2 is 1.09 bits per heavy atom. The van der Waals surface area contributed by atoms with Gasteiger partial charge in [0.05, 0.1) is 20.1 Å². The maximum Gasteiger partial charge on any atom is 0.292 e. The van der Waals surface area contributed by atoms with E-state index in [9.17, 15) is 10.1 Å². The lowest BCUT2D eigenvalue weighted by Crippen LogP contribution is -2.10. The molecule has 8 rings (SSSR count). The van der Waals surface area contributed by atoms with Gasteiger partial charge in [-0.05, 0) is 115 Å². The molecule has 4 aromatic carbocycles. The van der Waals surface area contributed by atoms with E-state index in [1.165, 1.54) is 49.7 Å². The summed E-state index contributed by atoms with van der Waals surface area (Å²) in [6.07, 6.45) is 2.08. The molecule has 0 saturated carbocycles. The van der Waals surface area contributed by atoms with Crippen LogP contribution in [0.3, 0.4) is 0 Å². The number of aromatic nitrogens is 4. The Bertz CT molecular complexity index is 2850. The number of aryl methyl sites for hydroxylation is 13. The normalized spacial score (nSPS) is 11.1. The Hall–Kier alpha value is -4.98. The summed E-state index contributed by atoms with van der Waals surface area (Å²) in [5.41, 5.74) is 17.4. The molecule has 0 unspecified atom stereocenters. The molecular weight excluding hydrogens is 792 g/mol. The fourth-order valence-corrected chi connectivity index (χ4v) is 8.86. The molecule has 0 amide bonds. The molecule has 0 radical (unpaired) electrons. The lowest BCUT2D eigenvalue weighted by molar-refractivity contribution is -0.385. The van der Waals surface area contributed by atoms with Crippen molar-refractivity contribution in [1.82, 2.24) is 19.9 Å². The van der Waals surface area contributed by atoms with E-state index in [4.69, 9.17) is 24.9 Å². The van der Waals surface area contributed by atoms with E-state index < -0.39 is 4.92 Å². The summed E-state index contributed by atoms with van der Waals surface area (Å²) in [5.74, 6) is 2.21. The summed E-state index contributed by atoms with van der Waals surface area (Å²) in [4.78, 5) is 31.3. The van der Waals surface area contributed by atoms with Crippen LogP contribution in [0.4, 0.5) is 11.4 Å². The van der Waals surface area contributed by atoms with Crippen LogP contribution in [-0.2, 0) is 0 Å². The number of anilines is 1. The largest absolute Gasteiger partial charge is 0.441 e. The summed E-state index contributed by atoms with van der Waals surface area (Å²) < 4.78 is 17.6. The SMILES string of the molecule is CSc1cc(C)c2nc(C)oc2c1C.Cc1nc2c(C)c(Cl)c([N+](=O)[O-])c(C)c2s1.Cc1nc2c(C)cc(C)c(C)c2o1.Cc1nc2c(C)cc(N(C)C)c(C)c2o1. The first-order valence-corrected chi connectivity index (χ1v) is 21.1. The zero-order chi connectivity index (χ0) is 43.1. The fraction of sp³-hybridized carbons (Fsp3) is 0.364. The first kappa shape index (κ1) is 44.1. The van der Waals surface area contributed by atoms with Gasteiger partial charge in [-0.3, -0.25) is 10.1 Å². The molecule has 11 nitrogen and oxygen atoms in total. The van der Waals surface area contributed by atoms with E-state index in [-0.39, 0.29) is 10.7 Å². The second kappa shape index (κ2) is 17.5. The van der Waals surface area contributed by atoms with Crippen LogP contribution in [0.5, 0.6) is 0 Å². The minimum Gasteiger partial charge on any atom is -0.441 e. The number of thiazole rings is 1. The monoisotopic (exact) mass is 842 g/mol. The van der Waals surface area contributed by atoms with Crippen molar-refractivity contribution in [2.24, 2.45) is 0 Å². The van der Waals surface area contributed by atoms with Gasteiger partial charge in [0, 0.05) is 67.7 Å². The van der Waals surface area contributed by atoms with Crippen LogP contribution >= 0.6 is 34.7 Å². The molecule has 4 heterocycles. The third kappa shape index (κ3) is 8.72. The molecular formula is C44H51ClN6O5S2. The Kier molecular flexibility index (Phi) is 13.3. The number of hydrogen-bond donors (Lipinski definition) is 0. The Morgan fingerprint density at radius 3 is 1.57 bits per heavy atom. The minimum absolute atomic E-state index is 0.00434. The number of nitro groups is 1. The van der Waals surface area contributed by atoms with Gasteiger partial charge in [-0.1, -0.05) is 17.7 Å². The van der Waals surface area contributed by atoms with Crippen LogP contribution in [0.15, 0.2) is 36.3 Å². The van der Waals surface area contributed by atoms with Crippen molar-refractivity contribution >= 4 is 89.6 Å². The van der Waals surface area contributed by atoms with Crippen LogP contribution in [-0.4, -0.2) is 45.2 Å². The van der Waals surface area contributed by atoms with Crippen molar-refractivity contribution in [3.63, 3.8) is 0 Å². The molecule has 306 valence electrons. The van der Waals surface area contributed by atoms with Gasteiger partial charge in [-0.25, -0.2) is 19.9 Å². The standard InChI is InChI=1S/C12H16N2O.C11H13NOS.C11H13NO.C10H9ClN2O2S/c1-7-6-10(14(4)5)8(2)12-11(7)13-9(3)15-12;1-6-5-9(14-4)7(2)11-10(6)12-8(3)13-11;1-6-5-7(2)10-11(8(6)3)13-9(4)12-10;1-4-7(11)9(13(14)15)5(2)10-8(4)12-6(3)16-10/h6H,1-5H3;5H,1-4H3;5H,1-4H3;1-3H3. The molecule has 0 fully saturated rings. The van der Waals surface area contributed by atoms with E-state index in [0.29, 0.717) is 11.1 Å². The fourth-order valence-electron chi connectivity index (χ4n) is 6.89. The van der Waals surface area contributed by atoms with E-state index >= 15 is 0 Å². The van der Waals surface area contributed by atoms with E-state index in [2.05, 4.69) is 97.8 Å². The Labute approximate surface area is 352 Å².